The summed E-state index contributed by atoms with van der Waals surface area (Å²) < 4.78 is 5.87. The molecule has 1 aromatic rings. The molecule has 2 rings (SSSR count). The van der Waals surface area contributed by atoms with Crippen LogP contribution in [0.4, 0.5) is 0 Å². The van der Waals surface area contributed by atoms with Gasteiger partial charge in [0, 0.05) is 24.7 Å². The van der Waals surface area contributed by atoms with E-state index in [2.05, 4.69) is 56.1 Å². The third-order valence-corrected chi connectivity index (χ3v) is 4.13. The average molecular weight is 290 g/mol. The molecule has 1 unspecified atom stereocenters. The summed E-state index contributed by atoms with van der Waals surface area (Å²) in [7, 11) is 0. The molecule has 1 atom stereocenters. The molecule has 0 spiro atoms. The van der Waals surface area contributed by atoms with Gasteiger partial charge in [-0.2, -0.15) is 0 Å². The maximum absolute atomic E-state index is 5.87. The van der Waals surface area contributed by atoms with Gasteiger partial charge in [-0.1, -0.05) is 18.2 Å². The van der Waals surface area contributed by atoms with Gasteiger partial charge in [0.1, 0.15) is 5.75 Å². The van der Waals surface area contributed by atoms with E-state index in [1.807, 2.05) is 6.07 Å². The zero-order valence-electron chi connectivity index (χ0n) is 13.9. The van der Waals surface area contributed by atoms with E-state index in [0.29, 0.717) is 6.04 Å². The molecule has 1 aromatic carbocycles. The van der Waals surface area contributed by atoms with E-state index in [1.54, 1.807) is 0 Å². The highest BCUT2D eigenvalue weighted by Crippen LogP contribution is 2.20. The Morgan fingerprint density at radius 3 is 2.67 bits per heavy atom. The smallest absolute Gasteiger partial charge is 0.124 e. The minimum Gasteiger partial charge on any atom is -0.491 e. The number of likely N-dealkylation sites (tertiary alicyclic amines) is 1. The number of para-hydroxylation sites is 1. The maximum atomic E-state index is 5.87. The first kappa shape index (κ1) is 16.3. The van der Waals surface area contributed by atoms with Gasteiger partial charge < -0.3 is 15.0 Å². The van der Waals surface area contributed by atoms with Gasteiger partial charge in [0.15, 0.2) is 0 Å². The van der Waals surface area contributed by atoms with Crippen molar-refractivity contribution in [2.24, 2.45) is 5.92 Å². The van der Waals surface area contributed by atoms with Crippen molar-refractivity contribution in [1.29, 1.82) is 0 Å². The third-order valence-electron chi connectivity index (χ3n) is 4.13. The Labute approximate surface area is 129 Å². The van der Waals surface area contributed by atoms with Crippen molar-refractivity contribution in [2.45, 2.75) is 52.8 Å². The SMILES string of the molecule is CC(C)Oc1ccccc1CNCC1CCN(C(C)C)C1. The van der Waals surface area contributed by atoms with E-state index < -0.39 is 0 Å². The van der Waals surface area contributed by atoms with Crippen LogP contribution in [-0.2, 0) is 6.54 Å². The summed E-state index contributed by atoms with van der Waals surface area (Å²) in [4.78, 5) is 2.57. The molecule has 0 saturated carbocycles. The van der Waals surface area contributed by atoms with E-state index in [0.717, 1.165) is 24.8 Å². The third kappa shape index (κ3) is 5.01. The Hall–Kier alpha value is -1.06. The van der Waals surface area contributed by atoms with Crippen LogP contribution in [0.2, 0.25) is 0 Å². The zero-order valence-corrected chi connectivity index (χ0v) is 13.9. The molecule has 1 N–H and O–H groups in total. The summed E-state index contributed by atoms with van der Waals surface area (Å²) in [5, 5.41) is 3.61. The van der Waals surface area contributed by atoms with E-state index in [1.165, 1.54) is 25.1 Å². The molecule has 118 valence electrons. The Balaban J connectivity index is 1.79. The van der Waals surface area contributed by atoms with Gasteiger partial charge >= 0.3 is 0 Å². The van der Waals surface area contributed by atoms with Gasteiger partial charge in [-0.05, 0) is 59.2 Å². The molecule has 1 aliphatic heterocycles. The van der Waals surface area contributed by atoms with E-state index in [9.17, 15) is 0 Å². The van der Waals surface area contributed by atoms with Gasteiger partial charge in [0.25, 0.3) is 0 Å². The Kier molecular flexibility index (Phi) is 6.07. The maximum Gasteiger partial charge on any atom is 0.124 e. The molecule has 3 nitrogen and oxygen atoms in total. The van der Waals surface area contributed by atoms with Gasteiger partial charge in [-0.25, -0.2) is 0 Å². The minimum absolute atomic E-state index is 0.223. The van der Waals surface area contributed by atoms with Crippen LogP contribution in [0.3, 0.4) is 0 Å². The molecule has 1 aliphatic rings. The van der Waals surface area contributed by atoms with Gasteiger partial charge in [0.2, 0.25) is 0 Å². The molecule has 1 fully saturated rings. The lowest BCUT2D eigenvalue weighted by molar-refractivity contribution is 0.239. The Bertz CT molecular complexity index is 431. The zero-order chi connectivity index (χ0) is 15.2. The molecule has 1 saturated heterocycles. The fraction of sp³-hybridized carbons (Fsp3) is 0.667. The van der Waals surface area contributed by atoms with Crippen LogP contribution in [0.5, 0.6) is 5.75 Å². The van der Waals surface area contributed by atoms with Gasteiger partial charge in [0.05, 0.1) is 6.10 Å². The first-order valence-corrected chi connectivity index (χ1v) is 8.25. The quantitative estimate of drug-likeness (QED) is 0.834. The fourth-order valence-electron chi connectivity index (χ4n) is 2.93. The summed E-state index contributed by atoms with van der Waals surface area (Å²) in [5.41, 5.74) is 1.25. The molecule has 1 heterocycles. The summed E-state index contributed by atoms with van der Waals surface area (Å²) >= 11 is 0. The normalized spacial score (nSPS) is 19.6. The lowest BCUT2D eigenvalue weighted by Gasteiger charge is -2.20. The second-order valence-electron chi connectivity index (χ2n) is 6.65. The molecule has 3 heteroatoms. The number of hydrogen-bond acceptors (Lipinski definition) is 3. The van der Waals surface area contributed by atoms with Crippen molar-refractivity contribution in [1.82, 2.24) is 10.2 Å². The number of nitrogens with one attached hydrogen (secondary N) is 1. The van der Waals surface area contributed by atoms with Crippen LogP contribution < -0.4 is 10.1 Å². The van der Waals surface area contributed by atoms with E-state index in [4.69, 9.17) is 4.74 Å². The van der Waals surface area contributed by atoms with Crippen molar-refractivity contribution >= 4 is 0 Å². The summed E-state index contributed by atoms with van der Waals surface area (Å²) in [6.07, 6.45) is 1.54. The second-order valence-corrected chi connectivity index (χ2v) is 6.65. The van der Waals surface area contributed by atoms with Crippen LogP contribution in [0.25, 0.3) is 0 Å². The molecular formula is C18H30N2O. The molecule has 0 radical (unpaired) electrons. The Morgan fingerprint density at radius 2 is 2.00 bits per heavy atom. The standard InChI is InChI=1S/C18H30N2O/c1-14(2)20-10-9-16(13-20)11-19-12-17-7-5-6-8-18(17)21-15(3)4/h5-8,14-16,19H,9-13H2,1-4H3. The van der Waals surface area contributed by atoms with Crippen LogP contribution >= 0.6 is 0 Å². The second kappa shape index (κ2) is 7.81. The molecule has 0 amide bonds. The van der Waals surface area contributed by atoms with E-state index in [-0.39, 0.29) is 6.10 Å². The number of rotatable bonds is 7. The van der Waals surface area contributed by atoms with Crippen molar-refractivity contribution in [2.75, 3.05) is 19.6 Å². The molecule has 0 aromatic heterocycles. The van der Waals surface area contributed by atoms with Crippen molar-refractivity contribution < 1.29 is 4.74 Å². The van der Waals surface area contributed by atoms with Crippen molar-refractivity contribution in [3.05, 3.63) is 29.8 Å². The highest BCUT2D eigenvalue weighted by Gasteiger charge is 2.23. The average Bonchev–Trinajstić information content (AvgIpc) is 2.89. The summed E-state index contributed by atoms with van der Waals surface area (Å²) in [5.74, 6) is 1.79. The fourth-order valence-corrected chi connectivity index (χ4v) is 2.93. The molecule has 0 aliphatic carbocycles. The topological polar surface area (TPSA) is 24.5 Å². The van der Waals surface area contributed by atoms with Crippen molar-refractivity contribution in [3.8, 4) is 5.75 Å². The van der Waals surface area contributed by atoms with Crippen molar-refractivity contribution in [3.63, 3.8) is 0 Å². The Morgan fingerprint density at radius 1 is 1.24 bits per heavy atom. The number of benzene rings is 1. The highest BCUT2D eigenvalue weighted by atomic mass is 16.5. The predicted molar refractivity (Wildman–Crippen MR) is 88.7 cm³/mol. The van der Waals surface area contributed by atoms with Crippen LogP contribution in [0.1, 0.15) is 39.7 Å². The van der Waals surface area contributed by atoms with Gasteiger partial charge in [-0.15, -0.1) is 0 Å². The number of hydrogen-bond donors (Lipinski definition) is 1. The number of ether oxygens (including phenoxy) is 1. The van der Waals surface area contributed by atoms with Crippen LogP contribution in [-0.4, -0.2) is 36.7 Å². The first-order chi connectivity index (χ1) is 10.1. The molecule has 0 bridgehead atoms. The lowest BCUT2D eigenvalue weighted by Crippen LogP contribution is -2.30. The first-order valence-electron chi connectivity index (χ1n) is 8.25. The summed E-state index contributed by atoms with van der Waals surface area (Å²) in [6, 6.07) is 9.02. The van der Waals surface area contributed by atoms with Crippen LogP contribution in [0.15, 0.2) is 24.3 Å². The minimum atomic E-state index is 0.223. The van der Waals surface area contributed by atoms with E-state index >= 15 is 0 Å². The monoisotopic (exact) mass is 290 g/mol. The number of nitrogens with zero attached hydrogens (tertiary/aromatic N) is 1. The largest absolute Gasteiger partial charge is 0.491 e. The van der Waals surface area contributed by atoms with Crippen LogP contribution in [0, 0.1) is 5.92 Å². The predicted octanol–water partition coefficient (Wildman–Crippen LogP) is 3.29. The molecule has 21 heavy (non-hydrogen) atoms. The molecular weight excluding hydrogens is 260 g/mol. The van der Waals surface area contributed by atoms with Gasteiger partial charge in [-0.3, -0.25) is 0 Å². The highest BCUT2D eigenvalue weighted by molar-refractivity contribution is 5.33. The summed E-state index contributed by atoms with van der Waals surface area (Å²) in [6.45, 7) is 13.2. The lowest BCUT2D eigenvalue weighted by atomic mass is 10.1.